The number of hydrogen-bond acceptors (Lipinski definition) is 7. The minimum atomic E-state index is -0.713. The molecule has 0 bridgehead atoms. The smallest absolute Gasteiger partial charge is 0.339 e. The Balaban J connectivity index is 1.29. The second-order valence-electron chi connectivity index (χ2n) is 9.46. The van der Waals surface area contributed by atoms with Crippen LogP contribution in [0.15, 0.2) is 97.1 Å². The average molecular weight is 577 g/mol. The lowest BCUT2D eigenvalue weighted by Gasteiger charge is -2.15. The topological polar surface area (TPSA) is 103 Å². The lowest BCUT2D eigenvalue weighted by Crippen LogP contribution is -2.29. The van der Waals surface area contributed by atoms with Crippen molar-refractivity contribution in [1.29, 1.82) is 0 Å². The van der Waals surface area contributed by atoms with Crippen LogP contribution in [-0.4, -0.2) is 42.3 Å². The Bertz CT molecular complexity index is 1870. The fourth-order valence-electron chi connectivity index (χ4n) is 4.80. The highest BCUT2D eigenvalue weighted by atomic mass is 35.5. The molecule has 0 radical (unpaired) electrons. The van der Waals surface area contributed by atoms with Gasteiger partial charge in [0.2, 0.25) is 0 Å². The molecule has 206 valence electrons. The van der Waals surface area contributed by atoms with Crippen LogP contribution in [-0.2, 0) is 4.74 Å². The Labute approximate surface area is 245 Å². The number of carbonyl (C=O) groups excluding carboxylic acids is 4. The summed E-state index contributed by atoms with van der Waals surface area (Å²) in [5.74, 6) is -1.27. The summed E-state index contributed by atoms with van der Waals surface area (Å²) < 4.78 is 10.5. The number of halogens is 1. The molecule has 2 amide bonds. The number of rotatable bonds is 7. The number of hydrogen-bond donors (Lipinski definition) is 0. The minimum Gasteiger partial charge on any atom is -0.497 e. The van der Waals surface area contributed by atoms with Crippen molar-refractivity contribution in [2.75, 3.05) is 18.6 Å². The number of anilines is 1. The summed E-state index contributed by atoms with van der Waals surface area (Å²) in [5, 5.41) is 0.802. The molecule has 6 rings (SSSR count). The third kappa shape index (κ3) is 4.78. The molecule has 9 heteroatoms. The molecule has 5 aromatic rings. The van der Waals surface area contributed by atoms with Crippen molar-refractivity contribution in [2.24, 2.45) is 0 Å². The molecule has 0 atom stereocenters. The summed E-state index contributed by atoms with van der Waals surface area (Å²) in [6.07, 6.45) is 0. The third-order valence-electron chi connectivity index (χ3n) is 6.97. The Morgan fingerprint density at radius 1 is 0.833 bits per heavy atom. The van der Waals surface area contributed by atoms with E-state index in [4.69, 9.17) is 21.1 Å². The van der Waals surface area contributed by atoms with Crippen molar-refractivity contribution in [3.63, 3.8) is 0 Å². The fourth-order valence-corrected chi connectivity index (χ4v) is 5.02. The van der Waals surface area contributed by atoms with Gasteiger partial charge in [-0.2, -0.15) is 0 Å². The normalized spacial score (nSPS) is 12.4. The molecule has 0 N–H and O–H groups in total. The highest BCUT2D eigenvalue weighted by Crippen LogP contribution is 2.32. The molecule has 8 nitrogen and oxygen atoms in total. The number of para-hydroxylation sites is 1. The number of carbonyl (C=O) groups is 4. The summed E-state index contributed by atoms with van der Waals surface area (Å²) in [6, 6.07) is 26.5. The molecule has 0 unspecified atom stereocenters. The first-order valence-electron chi connectivity index (χ1n) is 12.9. The Hall–Kier alpha value is -5.34. The quantitative estimate of drug-likeness (QED) is 0.125. The minimum absolute atomic E-state index is 0.185. The van der Waals surface area contributed by atoms with Crippen molar-refractivity contribution >= 4 is 51.8 Å². The Morgan fingerprint density at radius 2 is 1.50 bits per heavy atom. The van der Waals surface area contributed by atoms with Gasteiger partial charge in [-0.25, -0.2) is 14.7 Å². The van der Waals surface area contributed by atoms with E-state index in [9.17, 15) is 19.2 Å². The van der Waals surface area contributed by atoms with Gasteiger partial charge in [0.25, 0.3) is 11.8 Å². The number of ketones is 1. The van der Waals surface area contributed by atoms with Gasteiger partial charge in [0.15, 0.2) is 12.4 Å². The van der Waals surface area contributed by atoms with Gasteiger partial charge in [-0.05, 0) is 60.7 Å². The zero-order chi connectivity index (χ0) is 29.4. The molecule has 0 aliphatic carbocycles. The van der Waals surface area contributed by atoms with Gasteiger partial charge in [0, 0.05) is 16.5 Å². The lowest BCUT2D eigenvalue weighted by atomic mass is 10.0. The van der Waals surface area contributed by atoms with Crippen LogP contribution in [0.5, 0.6) is 5.75 Å². The molecule has 0 fully saturated rings. The summed E-state index contributed by atoms with van der Waals surface area (Å²) in [4.78, 5) is 57.5. The second kappa shape index (κ2) is 10.9. The van der Waals surface area contributed by atoms with E-state index in [-0.39, 0.29) is 11.3 Å². The van der Waals surface area contributed by atoms with E-state index in [0.717, 1.165) is 4.90 Å². The summed E-state index contributed by atoms with van der Waals surface area (Å²) in [6.45, 7) is -0.458. The molecular weight excluding hydrogens is 556 g/mol. The predicted octanol–water partition coefficient (Wildman–Crippen LogP) is 6.40. The van der Waals surface area contributed by atoms with Crippen molar-refractivity contribution in [3.05, 3.63) is 124 Å². The maximum absolute atomic E-state index is 13.3. The van der Waals surface area contributed by atoms with Crippen LogP contribution < -0.4 is 9.64 Å². The molecule has 2 heterocycles. The van der Waals surface area contributed by atoms with E-state index in [1.54, 1.807) is 97.1 Å². The van der Waals surface area contributed by atoms with Crippen LogP contribution in [0.2, 0.25) is 5.02 Å². The van der Waals surface area contributed by atoms with Gasteiger partial charge >= 0.3 is 5.97 Å². The first kappa shape index (κ1) is 26.9. The molecule has 1 aliphatic rings. The highest BCUT2D eigenvalue weighted by molar-refractivity contribution is 6.35. The van der Waals surface area contributed by atoms with E-state index in [0.29, 0.717) is 55.3 Å². The summed E-state index contributed by atoms with van der Waals surface area (Å²) >= 11 is 6.45. The molecule has 1 aromatic heterocycles. The Morgan fingerprint density at radius 3 is 2.14 bits per heavy atom. The number of benzene rings is 4. The van der Waals surface area contributed by atoms with Crippen LogP contribution in [0.3, 0.4) is 0 Å². The largest absolute Gasteiger partial charge is 0.497 e. The fraction of sp³-hybridized carbons (Fsp3) is 0.0606. The molecule has 0 saturated carbocycles. The standard InChI is InChI=1S/C33H21ClN2O6/c1-41-22-15-11-20(12-16-22)29(37)18-42-33(40)26-17-28(35-30-23(26)7-4-8-27(30)34)19-9-13-21(14-10-19)36-31(38)24-5-2-3-6-25(24)32(36)39/h2-17H,18H2,1H3. The summed E-state index contributed by atoms with van der Waals surface area (Å²) in [5.41, 5.74) is 3.08. The van der Waals surface area contributed by atoms with E-state index < -0.39 is 24.4 Å². The molecule has 4 aromatic carbocycles. The predicted molar refractivity (Wildman–Crippen MR) is 157 cm³/mol. The molecule has 42 heavy (non-hydrogen) atoms. The van der Waals surface area contributed by atoms with E-state index >= 15 is 0 Å². The second-order valence-corrected chi connectivity index (χ2v) is 9.86. The monoisotopic (exact) mass is 576 g/mol. The highest BCUT2D eigenvalue weighted by Gasteiger charge is 2.36. The first-order valence-corrected chi connectivity index (χ1v) is 13.3. The lowest BCUT2D eigenvalue weighted by molar-refractivity contribution is 0.0476. The van der Waals surface area contributed by atoms with Gasteiger partial charge in [-0.1, -0.05) is 48.0 Å². The summed E-state index contributed by atoms with van der Waals surface area (Å²) in [7, 11) is 1.53. The van der Waals surface area contributed by atoms with Gasteiger partial charge in [0.05, 0.1) is 45.7 Å². The van der Waals surface area contributed by atoms with Gasteiger partial charge < -0.3 is 9.47 Å². The van der Waals surface area contributed by atoms with Crippen molar-refractivity contribution < 1.29 is 28.7 Å². The van der Waals surface area contributed by atoms with Crippen LogP contribution in [0.4, 0.5) is 5.69 Å². The maximum Gasteiger partial charge on any atom is 0.339 e. The van der Waals surface area contributed by atoms with Crippen LogP contribution >= 0.6 is 11.6 Å². The number of ether oxygens (including phenoxy) is 2. The number of nitrogens with zero attached hydrogens (tertiary/aromatic N) is 2. The Kier molecular flexibility index (Phi) is 6.98. The first-order chi connectivity index (χ1) is 20.4. The number of Topliss-reactive ketones (excluding diaryl/α,β-unsaturated/α-hetero) is 1. The van der Waals surface area contributed by atoms with Crippen molar-refractivity contribution in [2.45, 2.75) is 0 Å². The van der Waals surface area contributed by atoms with Crippen molar-refractivity contribution in [1.82, 2.24) is 4.98 Å². The van der Waals surface area contributed by atoms with Gasteiger partial charge in [0.1, 0.15) is 5.75 Å². The SMILES string of the molecule is COc1ccc(C(=O)COC(=O)c2cc(-c3ccc(N4C(=O)c5ccccc5C4=O)cc3)nc3c(Cl)cccc23)cc1. The van der Waals surface area contributed by atoms with Crippen molar-refractivity contribution in [3.8, 4) is 17.0 Å². The molecule has 1 aliphatic heterocycles. The number of amides is 2. The van der Waals surface area contributed by atoms with Gasteiger partial charge in [-0.15, -0.1) is 0 Å². The number of fused-ring (bicyclic) bond motifs is 2. The zero-order valence-corrected chi connectivity index (χ0v) is 22.9. The zero-order valence-electron chi connectivity index (χ0n) is 22.2. The molecule has 0 saturated heterocycles. The third-order valence-corrected chi connectivity index (χ3v) is 7.28. The van der Waals surface area contributed by atoms with Crippen LogP contribution in [0, 0.1) is 0 Å². The average Bonchev–Trinajstić information content (AvgIpc) is 3.28. The number of esters is 1. The van der Waals surface area contributed by atoms with E-state index in [2.05, 4.69) is 4.98 Å². The molecular formula is C33H21ClN2O6. The van der Waals surface area contributed by atoms with E-state index in [1.807, 2.05) is 0 Å². The number of pyridine rings is 1. The number of aromatic nitrogens is 1. The van der Waals surface area contributed by atoms with Crippen LogP contribution in [0.25, 0.3) is 22.2 Å². The number of methoxy groups -OCH3 is 1. The molecule has 0 spiro atoms. The number of imide groups is 1. The maximum atomic E-state index is 13.3. The van der Waals surface area contributed by atoms with Crippen LogP contribution in [0.1, 0.15) is 41.4 Å². The van der Waals surface area contributed by atoms with E-state index in [1.165, 1.54) is 7.11 Å². The van der Waals surface area contributed by atoms with Gasteiger partial charge in [-0.3, -0.25) is 14.4 Å².